The van der Waals surface area contributed by atoms with Gasteiger partial charge in [-0.1, -0.05) is 18.2 Å². The molecule has 0 amide bonds. The third kappa shape index (κ3) is 2.03. The zero-order valence-corrected chi connectivity index (χ0v) is 10.3. The fourth-order valence-electron chi connectivity index (χ4n) is 1.92. The number of rotatable bonds is 3. The first-order chi connectivity index (χ1) is 8.05. The number of aromatic nitrogens is 2. The summed E-state index contributed by atoms with van der Waals surface area (Å²) in [5.41, 5.74) is 7.72. The Labute approximate surface area is 101 Å². The zero-order chi connectivity index (χ0) is 12.5. The van der Waals surface area contributed by atoms with Crippen molar-refractivity contribution in [2.24, 2.45) is 12.8 Å². The van der Waals surface area contributed by atoms with Crippen molar-refractivity contribution in [2.45, 2.75) is 12.5 Å². The van der Waals surface area contributed by atoms with Crippen LogP contribution in [0, 0.1) is 0 Å². The van der Waals surface area contributed by atoms with E-state index in [0.29, 0.717) is 0 Å². The summed E-state index contributed by atoms with van der Waals surface area (Å²) < 4.78 is 7.10. The predicted molar refractivity (Wildman–Crippen MR) is 66.8 cm³/mol. The molecule has 0 fully saturated rings. The Kier molecular flexibility index (Phi) is 2.90. The lowest BCUT2D eigenvalue weighted by atomic mass is 9.87. The molecule has 0 saturated heterocycles. The van der Waals surface area contributed by atoms with Gasteiger partial charge in [0.1, 0.15) is 5.75 Å². The van der Waals surface area contributed by atoms with Crippen molar-refractivity contribution in [2.75, 3.05) is 7.11 Å². The Hall–Kier alpha value is -1.81. The average Bonchev–Trinajstić information content (AvgIpc) is 2.76. The first-order valence-corrected chi connectivity index (χ1v) is 5.47. The molecule has 0 radical (unpaired) electrons. The summed E-state index contributed by atoms with van der Waals surface area (Å²) in [6, 6.07) is 7.78. The molecule has 0 aliphatic heterocycles. The molecule has 17 heavy (non-hydrogen) atoms. The van der Waals surface area contributed by atoms with Crippen molar-refractivity contribution >= 4 is 0 Å². The van der Waals surface area contributed by atoms with Crippen LogP contribution >= 0.6 is 0 Å². The van der Waals surface area contributed by atoms with Crippen LogP contribution in [0.15, 0.2) is 36.7 Å². The van der Waals surface area contributed by atoms with Crippen molar-refractivity contribution in [3.8, 4) is 5.75 Å². The fraction of sp³-hybridized carbons (Fsp3) is 0.308. The SMILES string of the molecule is COc1ccccc1C(C)(N)c1cnn(C)c1. The minimum atomic E-state index is -0.610. The molecular weight excluding hydrogens is 214 g/mol. The second-order valence-electron chi connectivity index (χ2n) is 4.31. The number of nitrogens with zero attached hydrogens (tertiary/aromatic N) is 2. The summed E-state index contributed by atoms with van der Waals surface area (Å²) in [6.07, 6.45) is 3.71. The number of nitrogens with two attached hydrogens (primary N) is 1. The van der Waals surface area contributed by atoms with E-state index in [0.717, 1.165) is 16.9 Å². The second-order valence-corrected chi connectivity index (χ2v) is 4.31. The van der Waals surface area contributed by atoms with Gasteiger partial charge in [-0.2, -0.15) is 5.10 Å². The van der Waals surface area contributed by atoms with Gasteiger partial charge in [-0.15, -0.1) is 0 Å². The molecular formula is C13H17N3O. The number of hydrogen-bond donors (Lipinski definition) is 1. The van der Waals surface area contributed by atoms with Crippen LogP contribution in [-0.2, 0) is 12.6 Å². The lowest BCUT2D eigenvalue weighted by molar-refractivity contribution is 0.399. The Morgan fingerprint density at radius 2 is 2.06 bits per heavy atom. The van der Waals surface area contributed by atoms with E-state index >= 15 is 0 Å². The molecule has 0 saturated carbocycles. The first kappa shape index (κ1) is 11.7. The molecule has 0 aliphatic rings. The van der Waals surface area contributed by atoms with Crippen LogP contribution in [0.25, 0.3) is 0 Å². The second kappa shape index (κ2) is 4.22. The van der Waals surface area contributed by atoms with Gasteiger partial charge in [0.25, 0.3) is 0 Å². The van der Waals surface area contributed by atoms with E-state index < -0.39 is 5.54 Å². The highest BCUT2D eigenvalue weighted by Gasteiger charge is 2.28. The molecule has 1 aromatic carbocycles. The summed E-state index contributed by atoms with van der Waals surface area (Å²) in [6.45, 7) is 1.96. The van der Waals surface area contributed by atoms with Crippen molar-refractivity contribution in [1.29, 1.82) is 0 Å². The molecule has 4 heteroatoms. The van der Waals surface area contributed by atoms with Gasteiger partial charge in [0, 0.05) is 24.4 Å². The van der Waals surface area contributed by atoms with Gasteiger partial charge >= 0.3 is 0 Å². The maximum absolute atomic E-state index is 6.42. The summed E-state index contributed by atoms with van der Waals surface area (Å²) in [5.74, 6) is 0.793. The predicted octanol–water partition coefficient (Wildman–Crippen LogP) is 1.65. The molecule has 90 valence electrons. The van der Waals surface area contributed by atoms with E-state index in [-0.39, 0.29) is 0 Å². The lowest BCUT2D eigenvalue weighted by Crippen LogP contribution is -2.34. The molecule has 1 aromatic heterocycles. The van der Waals surface area contributed by atoms with Crippen molar-refractivity contribution in [3.63, 3.8) is 0 Å². The smallest absolute Gasteiger partial charge is 0.124 e. The summed E-state index contributed by atoms with van der Waals surface area (Å²) in [5, 5.41) is 4.16. The summed E-state index contributed by atoms with van der Waals surface area (Å²) >= 11 is 0. The summed E-state index contributed by atoms with van der Waals surface area (Å²) in [7, 11) is 3.53. The van der Waals surface area contributed by atoms with Gasteiger partial charge in [-0.25, -0.2) is 0 Å². The topological polar surface area (TPSA) is 53.1 Å². The van der Waals surface area contributed by atoms with Gasteiger partial charge in [-0.05, 0) is 13.0 Å². The van der Waals surface area contributed by atoms with Gasteiger partial charge in [0.2, 0.25) is 0 Å². The van der Waals surface area contributed by atoms with Gasteiger partial charge < -0.3 is 10.5 Å². The molecule has 0 aliphatic carbocycles. The Morgan fingerprint density at radius 1 is 1.35 bits per heavy atom. The minimum absolute atomic E-state index is 0.610. The fourth-order valence-corrected chi connectivity index (χ4v) is 1.92. The first-order valence-electron chi connectivity index (χ1n) is 5.47. The summed E-state index contributed by atoms with van der Waals surface area (Å²) in [4.78, 5) is 0. The zero-order valence-electron chi connectivity index (χ0n) is 10.3. The van der Waals surface area contributed by atoms with Gasteiger partial charge in [0.05, 0.1) is 18.8 Å². The maximum Gasteiger partial charge on any atom is 0.124 e. The van der Waals surface area contributed by atoms with Gasteiger partial charge in [0.15, 0.2) is 0 Å². The van der Waals surface area contributed by atoms with Crippen LogP contribution in [0.4, 0.5) is 0 Å². The molecule has 0 spiro atoms. The number of ether oxygens (including phenoxy) is 1. The van der Waals surface area contributed by atoms with Crippen LogP contribution < -0.4 is 10.5 Å². The van der Waals surface area contributed by atoms with Gasteiger partial charge in [-0.3, -0.25) is 4.68 Å². The van der Waals surface area contributed by atoms with Crippen LogP contribution in [0.2, 0.25) is 0 Å². The van der Waals surface area contributed by atoms with E-state index in [2.05, 4.69) is 5.10 Å². The highest BCUT2D eigenvalue weighted by atomic mass is 16.5. The van der Waals surface area contributed by atoms with Crippen LogP contribution in [0.5, 0.6) is 5.75 Å². The van der Waals surface area contributed by atoms with Crippen LogP contribution in [0.3, 0.4) is 0 Å². The Balaban J connectivity index is 2.50. The molecule has 1 heterocycles. The molecule has 2 N–H and O–H groups in total. The number of methoxy groups -OCH3 is 1. The molecule has 1 atom stereocenters. The molecule has 2 rings (SSSR count). The normalized spacial score (nSPS) is 14.4. The molecule has 1 unspecified atom stereocenters. The number of benzene rings is 1. The largest absolute Gasteiger partial charge is 0.496 e. The third-order valence-corrected chi connectivity index (χ3v) is 2.97. The average molecular weight is 231 g/mol. The van der Waals surface area contributed by atoms with E-state index in [1.165, 1.54) is 0 Å². The van der Waals surface area contributed by atoms with Crippen molar-refractivity contribution in [1.82, 2.24) is 9.78 Å². The van der Waals surface area contributed by atoms with E-state index in [9.17, 15) is 0 Å². The highest BCUT2D eigenvalue weighted by molar-refractivity contribution is 5.44. The van der Waals surface area contributed by atoms with E-state index in [4.69, 9.17) is 10.5 Å². The molecule has 4 nitrogen and oxygen atoms in total. The van der Waals surface area contributed by atoms with Crippen LogP contribution in [-0.4, -0.2) is 16.9 Å². The molecule has 2 aromatic rings. The molecule has 0 bridgehead atoms. The van der Waals surface area contributed by atoms with Crippen molar-refractivity contribution < 1.29 is 4.74 Å². The number of aryl methyl sites for hydroxylation is 1. The Morgan fingerprint density at radius 3 is 2.65 bits per heavy atom. The monoisotopic (exact) mass is 231 g/mol. The quantitative estimate of drug-likeness (QED) is 0.874. The maximum atomic E-state index is 6.42. The Bertz CT molecular complexity index is 517. The van der Waals surface area contributed by atoms with Crippen molar-refractivity contribution in [3.05, 3.63) is 47.8 Å². The third-order valence-electron chi connectivity index (χ3n) is 2.97. The lowest BCUT2D eigenvalue weighted by Gasteiger charge is -2.25. The number of para-hydroxylation sites is 1. The standard InChI is InChI=1S/C13H17N3O/c1-13(14,10-8-15-16(2)9-10)11-6-4-5-7-12(11)17-3/h4-9H,14H2,1-3H3. The van der Waals surface area contributed by atoms with E-state index in [1.54, 1.807) is 18.0 Å². The minimum Gasteiger partial charge on any atom is -0.496 e. The highest BCUT2D eigenvalue weighted by Crippen LogP contribution is 2.32. The van der Waals surface area contributed by atoms with E-state index in [1.807, 2.05) is 44.4 Å². The van der Waals surface area contributed by atoms with Crippen LogP contribution in [0.1, 0.15) is 18.1 Å². The number of hydrogen-bond acceptors (Lipinski definition) is 3.